The first-order chi connectivity index (χ1) is 13.6. The Kier molecular flexibility index (Phi) is 4.72. The molecule has 4 aromatic rings. The van der Waals surface area contributed by atoms with Crippen molar-refractivity contribution >= 4 is 22.6 Å². The third-order valence-corrected chi connectivity index (χ3v) is 4.44. The highest BCUT2D eigenvalue weighted by Gasteiger charge is 2.12. The van der Waals surface area contributed by atoms with Crippen LogP contribution in [0, 0.1) is 6.92 Å². The molecule has 7 nitrogen and oxygen atoms in total. The van der Waals surface area contributed by atoms with Crippen molar-refractivity contribution in [2.24, 2.45) is 0 Å². The number of fused-ring (bicyclic) bond motifs is 1. The molecule has 1 N–H and O–H groups in total. The van der Waals surface area contributed by atoms with Gasteiger partial charge in [-0.1, -0.05) is 30.3 Å². The van der Waals surface area contributed by atoms with Gasteiger partial charge in [-0.15, -0.1) is 0 Å². The molecule has 0 aliphatic rings. The van der Waals surface area contributed by atoms with Crippen molar-refractivity contribution in [1.29, 1.82) is 0 Å². The Labute approximate surface area is 161 Å². The standard InChI is InChI=1S/C21H19N5O2/c1-15-6-5-7-16(12-15)24-19(27)10-11-25-14-22-20-18(21(25)28)13-23-26(20)17-8-3-2-4-9-17/h2-9,12-14H,10-11H2,1H3,(H,24,27). The van der Waals surface area contributed by atoms with Gasteiger partial charge in [0, 0.05) is 18.7 Å². The fourth-order valence-corrected chi connectivity index (χ4v) is 3.03. The number of carbonyl (C=O) groups is 1. The molecule has 0 aliphatic carbocycles. The zero-order chi connectivity index (χ0) is 19.5. The SMILES string of the molecule is Cc1cccc(NC(=O)CCn2cnc3c(cnn3-c3ccccc3)c2=O)c1. The summed E-state index contributed by atoms with van der Waals surface area (Å²) in [7, 11) is 0. The van der Waals surface area contributed by atoms with Gasteiger partial charge in [-0.3, -0.25) is 14.2 Å². The molecule has 1 amide bonds. The zero-order valence-electron chi connectivity index (χ0n) is 15.4. The first-order valence-corrected chi connectivity index (χ1v) is 8.97. The molecule has 0 radical (unpaired) electrons. The van der Waals surface area contributed by atoms with Crippen LogP contribution >= 0.6 is 0 Å². The van der Waals surface area contributed by atoms with Crippen LogP contribution in [-0.2, 0) is 11.3 Å². The Hall–Kier alpha value is -3.74. The van der Waals surface area contributed by atoms with Crippen LogP contribution in [0.3, 0.4) is 0 Å². The molecular formula is C21H19N5O2. The fourth-order valence-electron chi connectivity index (χ4n) is 3.03. The van der Waals surface area contributed by atoms with Crippen molar-refractivity contribution < 1.29 is 4.79 Å². The van der Waals surface area contributed by atoms with Gasteiger partial charge in [-0.25, -0.2) is 9.67 Å². The molecule has 0 saturated carbocycles. The van der Waals surface area contributed by atoms with Gasteiger partial charge in [0.1, 0.15) is 5.39 Å². The molecular weight excluding hydrogens is 354 g/mol. The van der Waals surface area contributed by atoms with Gasteiger partial charge >= 0.3 is 0 Å². The number of nitrogens with one attached hydrogen (secondary N) is 1. The Morgan fingerprint density at radius 1 is 1.11 bits per heavy atom. The summed E-state index contributed by atoms with van der Waals surface area (Å²) >= 11 is 0. The lowest BCUT2D eigenvalue weighted by Gasteiger charge is -2.08. The Morgan fingerprint density at radius 3 is 2.71 bits per heavy atom. The second-order valence-electron chi connectivity index (χ2n) is 6.54. The molecule has 0 spiro atoms. The number of carbonyl (C=O) groups excluding carboxylic acids is 1. The summed E-state index contributed by atoms with van der Waals surface area (Å²) in [5, 5.41) is 7.55. The summed E-state index contributed by atoms with van der Waals surface area (Å²) in [4.78, 5) is 29.3. The van der Waals surface area contributed by atoms with Gasteiger partial charge in [-0.05, 0) is 36.8 Å². The molecule has 0 atom stereocenters. The number of rotatable bonds is 5. The van der Waals surface area contributed by atoms with Crippen LogP contribution in [0.1, 0.15) is 12.0 Å². The summed E-state index contributed by atoms with van der Waals surface area (Å²) < 4.78 is 3.07. The average Bonchev–Trinajstić information content (AvgIpc) is 3.13. The normalized spacial score (nSPS) is 10.9. The van der Waals surface area contributed by atoms with E-state index in [1.807, 2.05) is 61.5 Å². The lowest BCUT2D eigenvalue weighted by molar-refractivity contribution is -0.116. The van der Waals surface area contributed by atoms with Crippen LogP contribution in [-0.4, -0.2) is 25.2 Å². The molecule has 4 rings (SSSR count). The number of amides is 1. The highest BCUT2D eigenvalue weighted by molar-refractivity contribution is 5.90. The Bertz CT molecular complexity index is 1190. The third kappa shape index (κ3) is 3.55. The van der Waals surface area contributed by atoms with Crippen molar-refractivity contribution in [2.45, 2.75) is 19.9 Å². The number of nitrogens with zero attached hydrogens (tertiary/aromatic N) is 4. The van der Waals surface area contributed by atoms with Crippen LogP contribution in [0.5, 0.6) is 0 Å². The number of hydrogen-bond acceptors (Lipinski definition) is 4. The first-order valence-electron chi connectivity index (χ1n) is 8.97. The largest absolute Gasteiger partial charge is 0.326 e. The number of hydrogen-bond donors (Lipinski definition) is 1. The van der Waals surface area contributed by atoms with E-state index in [0.717, 1.165) is 16.9 Å². The fraction of sp³-hybridized carbons (Fsp3) is 0.143. The maximum atomic E-state index is 12.7. The van der Waals surface area contributed by atoms with Crippen molar-refractivity contribution in [3.63, 3.8) is 0 Å². The second-order valence-corrected chi connectivity index (χ2v) is 6.54. The molecule has 2 heterocycles. The van der Waals surface area contributed by atoms with E-state index in [-0.39, 0.29) is 24.4 Å². The van der Waals surface area contributed by atoms with Gasteiger partial charge in [0.2, 0.25) is 5.91 Å². The smallest absolute Gasteiger partial charge is 0.264 e. The van der Waals surface area contributed by atoms with E-state index in [9.17, 15) is 9.59 Å². The van der Waals surface area contributed by atoms with E-state index in [1.54, 1.807) is 4.68 Å². The van der Waals surface area contributed by atoms with E-state index in [1.165, 1.54) is 17.1 Å². The summed E-state index contributed by atoms with van der Waals surface area (Å²) in [6, 6.07) is 17.1. The predicted octanol–water partition coefficient (Wildman–Crippen LogP) is 2.92. The summed E-state index contributed by atoms with van der Waals surface area (Å²) in [6.07, 6.45) is 3.15. The van der Waals surface area contributed by atoms with Crippen molar-refractivity contribution in [1.82, 2.24) is 19.3 Å². The predicted molar refractivity (Wildman–Crippen MR) is 108 cm³/mol. The minimum Gasteiger partial charge on any atom is -0.326 e. The molecule has 140 valence electrons. The molecule has 7 heteroatoms. The van der Waals surface area contributed by atoms with Gasteiger partial charge in [-0.2, -0.15) is 5.10 Å². The van der Waals surface area contributed by atoms with Crippen LogP contribution in [0.4, 0.5) is 5.69 Å². The molecule has 0 fully saturated rings. The minimum atomic E-state index is -0.212. The van der Waals surface area contributed by atoms with Gasteiger partial charge in [0.05, 0.1) is 18.2 Å². The minimum absolute atomic E-state index is 0.155. The third-order valence-electron chi connectivity index (χ3n) is 4.44. The number of aromatic nitrogens is 4. The van der Waals surface area contributed by atoms with Crippen LogP contribution < -0.4 is 10.9 Å². The first kappa shape index (κ1) is 17.7. The Morgan fingerprint density at radius 2 is 1.93 bits per heavy atom. The molecule has 0 aliphatic heterocycles. The van der Waals surface area contributed by atoms with Gasteiger partial charge in [0.25, 0.3) is 5.56 Å². The van der Waals surface area contributed by atoms with E-state index in [2.05, 4.69) is 15.4 Å². The number of aryl methyl sites for hydroxylation is 2. The average molecular weight is 373 g/mol. The molecule has 2 aromatic heterocycles. The zero-order valence-corrected chi connectivity index (χ0v) is 15.4. The van der Waals surface area contributed by atoms with Crippen molar-refractivity contribution in [2.75, 3.05) is 5.32 Å². The second kappa shape index (κ2) is 7.48. The van der Waals surface area contributed by atoms with E-state index < -0.39 is 0 Å². The molecule has 28 heavy (non-hydrogen) atoms. The monoisotopic (exact) mass is 373 g/mol. The van der Waals surface area contributed by atoms with E-state index in [0.29, 0.717) is 11.0 Å². The molecule has 0 saturated heterocycles. The van der Waals surface area contributed by atoms with Crippen LogP contribution in [0.25, 0.3) is 16.7 Å². The quantitative estimate of drug-likeness (QED) is 0.583. The maximum absolute atomic E-state index is 12.7. The van der Waals surface area contributed by atoms with E-state index >= 15 is 0 Å². The van der Waals surface area contributed by atoms with Crippen molar-refractivity contribution in [3.05, 3.63) is 83.0 Å². The highest BCUT2D eigenvalue weighted by atomic mass is 16.2. The molecule has 2 aromatic carbocycles. The van der Waals surface area contributed by atoms with Gasteiger partial charge < -0.3 is 5.32 Å². The number of anilines is 1. The summed E-state index contributed by atoms with van der Waals surface area (Å²) in [5.74, 6) is -0.155. The number of para-hydroxylation sites is 1. The van der Waals surface area contributed by atoms with Crippen LogP contribution in [0.2, 0.25) is 0 Å². The van der Waals surface area contributed by atoms with Crippen LogP contribution in [0.15, 0.2) is 71.9 Å². The lowest BCUT2D eigenvalue weighted by Crippen LogP contribution is -2.23. The number of benzene rings is 2. The highest BCUT2D eigenvalue weighted by Crippen LogP contribution is 2.13. The van der Waals surface area contributed by atoms with Gasteiger partial charge in [0.15, 0.2) is 5.65 Å². The summed E-state index contributed by atoms with van der Waals surface area (Å²) in [6.45, 7) is 2.21. The summed E-state index contributed by atoms with van der Waals surface area (Å²) in [5.41, 5.74) is 2.93. The lowest BCUT2D eigenvalue weighted by atomic mass is 10.2. The van der Waals surface area contributed by atoms with E-state index in [4.69, 9.17) is 0 Å². The van der Waals surface area contributed by atoms with Crippen molar-refractivity contribution in [3.8, 4) is 5.69 Å². The Balaban J connectivity index is 1.51. The maximum Gasteiger partial charge on any atom is 0.264 e. The molecule has 0 bridgehead atoms. The molecule has 0 unspecified atom stereocenters. The topological polar surface area (TPSA) is 81.8 Å².